The topological polar surface area (TPSA) is 31.6 Å². The van der Waals surface area contributed by atoms with Gasteiger partial charge in [-0.25, -0.2) is 0 Å². The van der Waals surface area contributed by atoms with Crippen molar-refractivity contribution in [2.45, 2.75) is 134 Å². The smallest absolute Gasteiger partial charge is 0.380 e. The van der Waals surface area contributed by atoms with Gasteiger partial charge in [-0.05, 0) is 70.0 Å². The van der Waals surface area contributed by atoms with E-state index in [2.05, 4.69) is 61.5 Å². The lowest BCUT2D eigenvalue weighted by atomic mass is 9.82. The minimum atomic E-state index is -5.82. The lowest BCUT2D eigenvalue weighted by molar-refractivity contribution is -0.254. The van der Waals surface area contributed by atoms with E-state index in [0.717, 1.165) is 44.2 Å². The molecule has 63 heavy (non-hydrogen) atoms. The van der Waals surface area contributed by atoms with E-state index in [1.54, 1.807) is 35.6 Å². The quantitative estimate of drug-likeness (QED) is 0.150. The summed E-state index contributed by atoms with van der Waals surface area (Å²) in [5, 5.41) is -0.0991. The molecule has 0 saturated heterocycles. The van der Waals surface area contributed by atoms with E-state index < -0.39 is 34.5 Å². The lowest BCUT2D eigenvalue weighted by Gasteiger charge is -2.26. The Morgan fingerprint density at radius 2 is 1.08 bits per heavy atom. The average Bonchev–Trinajstić information content (AvgIpc) is 4.01. The lowest BCUT2D eigenvalue weighted by Crippen LogP contribution is -2.48. The van der Waals surface area contributed by atoms with Crippen LogP contribution in [0.3, 0.4) is 0 Å². The minimum absolute atomic E-state index is 0.0255. The Labute approximate surface area is 377 Å². The molecule has 0 N–H and O–H groups in total. The summed E-state index contributed by atoms with van der Waals surface area (Å²) in [6, 6.07) is 15.1. The van der Waals surface area contributed by atoms with Crippen LogP contribution in [0.1, 0.15) is 127 Å². The number of hydrogen-bond donors (Lipinski definition) is 0. The molecular formula is C51H52F6O3S3. The summed E-state index contributed by atoms with van der Waals surface area (Å²) in [5.41, 5.74) is -1.65. The standard InChI is InChI=1S/C51H52F6O3S3/c1-44(2,3)26-16-14-25(15-17-26)40-37(27-18-32(58-12)33(59-13)22-31(27)60-40)39-38(49(52,53)51(56,57)50(39,54)55)28-19-34(35-20-29-42(62-35)47(8,9)23-45(29,4)5)61-41(28)36-21-30-43(63-36)48(10,11)24-46(30,6)7/h14-22H,23-24H2,1-13H3. The van der Waals surface area contributed by atoms with Crippen molar-refractivity contribution in [3.05, 3.63) is 92.2 Å². The fraction of sp³-hybridized carbons (Fsp3) is 0.451. The highest BCUT2D eigenvalue weighted by Crippen LogP contribution is 2.68. The molecule has 3 nitrogen and oxygen atoms in total. The van der Waals surface area contributed by atoms with Crippen LogP contribution in [0.25, 0.3) is 52.9 Å². The predicted octanol–water partition coefficient (Wildman–Crippen LogP) is 16.7. The van der Waals surface area contributed by atoms with Gasteiger partial charge in [-0.2, -0.15) is 26.3 Å². The van der Waals surface area contributed by atoms with E-state index in [0.29, 0.717) is 9.75 Å². The number of halogens is 6. The Morgan fingerprint density at radius 1 is 0.587 bits per heavy atom. The van der Waals surface area contributed by atoms with Crippen molar-refractivity contribution in [2.24, 2.45) is 0 Å². The second kappa shape index (κ2) is 13.5. The van der Waals surface area contributed by atoms with Crippen LogP contribution in [0.15, 0.2) is 59.0 Å². The maximum atomic E-state index is 17.3. The number of ether oxygens (including phenoxy) is 2. The van der Waals surface area contributed by atoms with Crippen LogP contribution in [0.2, 0.25) is 0 Å². The van der Waals surface area contributed by atoms with Gasteiger partial charge in [0.25, 0.3) is 0 Å². The fourth-order valence-corrected chi connectivity index (χ4v) is 15.1. The van der Waals surface area contributed by atoms with Gasteiger partial charge in [0, 0.05) is 74.5 Å². The summed E-state index contributed by atoms with van der Waals surface area (Å²) in [6.45, 7) is 23.3. The van der Waals surface area contributed by atoms with Gasteiger partial charge in [0.1, 0.15) is 11.3 Å². The number of alkyl halides is 6. The van der Waals surface area contributed by atoms with Crippen molar-refractivity contribution < 1.29 is 40.2 Å². The van der Waals surface area contributed by atoms with Crippen LogP contribution in [0.4, 0.5) is 26.3 Å². The number of benzene rings is 2. The highest BCUT2D eigenvalue weighted by atomic mass is 32.1. The largest absolute Gasteiger partial charge is 0.493 e. The summed E-state index contributed by atoms with van der Waals surface area (Å²) >= 11 is 4.17. The first-order valence-corrected chi connectivity index (χ1v) is 23.6. The van der Waals surface area contributed by atoms with Gasteiger partial charge in [0.2, 0.25) is 0 Å². The molecule has 0 aliphatic heterocycles. The SMILES string of the molecule is COc1cc2oc(-c3ccc(C(C)(C)C)cc3)c(C3=C(c4cc(-c5cc6c(s5)C(C)(C)CC6(C)C)sc4-c4cc5c(s4)C(C)(C)CC5(C)C)C(F)(F)C(F)(F)C3(F)F)c2cc1OC. The molecule has 0 bridgehead atoms. The van der Waals surface area contributed by atoms with Crippen LogP contribution in [0, 0.1) is 0 Å². The molecule has 3 aliphatic carbocycles. The normalized spacial score (nSPS) is 21.0. The number of allylic oxidation sites excluding steroid dienone is 2. The van der Waals surface area contributed by atoms with E-state index in [1.165, 1.54) is 55.1 Å². The highest BCUT2D eigenvalue weighted by molar-refractivity contribution is 7.27. The molecule has 9 rings (SSSR count). The van der Waals surface area contributed by atoms with Gasteiger partial charge in [0.15, 0.2) is 11.5 Å². The summed E-state index contributed by atoms with van der Waals surface area (Å²) < 4.78 is 120. The molecule has 0 saturated carbocycles. The summed E-state index contributed by atoms with van der Waals surface area (Å²) in [5.74, 6) is -16.5. The molecular weight excluding hydrogens is 871 g/mol. The second-order valence-corrected chi connectivity index (χ2v) is 24.4. The van der Waals surface area contributed by atoms with E-state index in [1.807, 2.05) is 26.8 Å². The first-order valence-electron chi connectivity index (χ1n) is 21.1. The third-order valence-corrected chi connectivity index (χ3v) is 18.0. The third-order valence-electron chi connectivity index (χ3n) is 13.5. The van der Waals surface area contributed by atoms with Crippen LogP contribution >= 0.6 is 34.0 Å². The molecule has 0 spiro atoms. The van der Waals surface area contributed by atoms with Gasteiger partial charge in [-0.15, -0.1) is 34.0 Å². The molecule has 0 amide bonds. The Bertz CT molecular complexity index is 2820. The minimum Gasteiger partial charge on any atom is -0.493 e. The molecule has 0 radical (unpaired) electrons. The Balaban J connectivity index is 1.41. The van der Waals surface area contributed by atoms with E-state index in [-0.39, 0.29) is 71.3 Å². The van der Waals surface area contributed by atoms with Crippen LogP contribution in [0.5, 0.6) is 11.5 Å². The number of hydrogen-bond acceptors (Lipinski definition) is 6. The predicted molar refractivity (Wildman–Crippen MR) is 247 cm³/mol. The maximum absolute atomic E-state index is 17.3. The third kappa shape index (κ3) is 6.29. The Kier molecular flexibility index (Phi) is 9.50. The molecule has 2 aromatic carbocycles. The number of methoxy groups -OCH3 is 2. The molecule has 0 unspecified atom stereocenters. The first kappa shape index (κ1) is 44.2. The van der Waals surface area contributed by atoms with Gasteiger partial charge in [0.05, 0.1) is 19.1 Å². The van der Waals surface area contributed by atoms with Crippen molar-refractivity contribution in [2.75, 3.05) is 14.2 Å². The number of fused-ring (bicyclic) bond motifs is 3. The first-order chi connectivity index (χ1) is 29.0. The van der Waals surface area contributed by atoms with Crippen molar-refractivity contribution in [1.29, 1.82) is 0 Å². The van der Waals surface area contributed by atoms with E-state index in [4.69, 9.17) is 13.9 Å². The zero-order chi connectivity index (χ0) is 46.0. The van der Waals surface area contributed by atoms with Gasteiger partial charge < -0.3 is 13.9 Å². The van der Waals surface area contributed by atoms with Crippen molar-refractivity contribution in [1.82, 2.24) is 0 Å². The summed E-state index contributed by atoms with van der Waals surface area (Å²) in [6.07, 6.45) is 1.77. The van der Waals surface area contributed by atoms with Crippen LogP contribution in [-0.4, -0.2) is 32.0 Å². The Morgan fingerprint density at radius 3 is 1.60 bits per heavy atom. The molecule has 0 atom stereocenters. The molecule has 6 aromatic rings. The maximum Gasteiger partial charge on any atom is 0.380 e. The molecule has 4 heterocycles. The van der Waals surface area contributed by atoms with Crippen molar-refractivity contribution in [3.63, 3.8) is 0 Å². The monoisotopic (exact) mass is 922 g/mol. The van der Waals surface area contributed by atoms with E-state index in [9.17, 15) is 0 Å². The van der Waals surface area contributed by atoms with Gasteiger partial charge >= 0.3 is 17.8 Å². The van der Waals surface area contributed by atoms with Crippen molar-refractivity contribution >= 4 is 56.1 Å². The van der Waals surface area contributed by atoms with Crippen molar-refractivity contribution in [3.8, 4) is 42.3 Å². The summed E-state index contributed by atoms with van der Waals surface area (Å²) in [4.78, 5) is 4.36. The zero-order valence-corrected chi connectivity index (χ0v) is 40.3. The number of thiophene rings is 3. The second-order valence-electron chi connectivity index (χ2n) is 21.3. The Hall–Kier alpha value is -4.00. The van der Waals surface area contributed by atoms with Gasteiger partial charge in [-0.3, -0.25) is 0 Å². The number of furan rings is 1. The van der Waals surface area contributed by atoms with Crippen LogP contribution < -0.4 is 9.47 Å². The summed E-state index contributed by atoms with van der Waals surface area (Å²) in [7, 11) is 2.73. The molecule has 3 aliphatic rings. The highest BCUT2D eigenvalue weighted by Gasteiger charge is 2.81. The molecule has 4 aromatic heterocycles. The molecule has 334 valence electrons. The molecule has 0 fully saturated rings. The van der Waals surface area contributed by atoms with E-state index >= 15 is 26.3 Å². The molecule has 12 heteroatoms. The average molecular weight is 923 g/mol. The fourth-order valence-electron chi connectivity index (χ4n) is 10.9. The zero-order valence-electron chi connectivity index (χ0n) is 37.8. The van der Waals surface area contributed by atoms with Crippen LogP contribution in [-0.2, 0) is 27.1 Å². The number of rotatable bonds is 7. The van der Waals surface area contributed by atoms with Gasteiger partial charge in [-0.1, -0.05) is 100 Å².